The van der Waals surface area contributed by atoms with Gasteiger partial charge in [0, 0.05) is 9.75 Å². The fourth-order valence-electron chi connectivity index (χ4n) is 1.50. The zero-order chi connectivity index (χ0) is 12.4. The quantitative estimate of drug-likeness (QED) is 0.666. The molecule has 2 heterocycles. The molecule has 0 atom stereocenters. The zero-order valence-electron chi connectivity index (χ0n) is 9.29. The largest absolute Gasteiger partial charge is 0.378 e. The van der Waals surface area contributed by atoms with Crippen LogP contribution in [0.3, 0.4) is 0 Å². The predicted molar refractivity (Wildman–Crippen MR) is 66.1 cm³/mol. The van der Waals surface area contributed by atoms with Crippen LogP contribution in [0, 0.1) is 10.1 Å². The van der Waals surface area contributed by atoms with Gasteiger partial charge in [-0.15, -0.1) is 11.3 Å². The molecule has 90 valence electrons. The van der Waals surface area contributed by atoms with Crippen LogP contribution in [-0.4, -0.2) is 14.7 Å². The normalized spacial score (nSPS) is 10.6. The van der Waals surface area contributed by atoms with Crippen LogP contribution in [0.5, 0.6) is 0 Å². The van der Waals surface area contributed by atoms with Crippen molar-refractivity contribution >= 4 is 22.8 Å². The number of anilines is 1. The van der Waals surface area contributed by atoms with Crippen molar-refractivity contribution in [2.24, 2.45) is 0 Å². The number of nitrogens with two attached hydrogens (primary N) is 1. The summed E-state index contributed by atoms with van der Waals surface area (Å²) in [6, 6.07) is 4.05. The van der Waals surface area contributed by atoms with Crippen LogP contribution in [0.25, 0.3) is 0 Å². The molecule has 0 unspecified atom stereocenters. The molecule has 0 aliphatic carbocycles. The summed E-state index contributed by atoms with van der Waals surface area (Å²) in [4.78, 5) is 12.5. The Kier molecular flexibility index (Phi) is 3.10. The highest BCUT2D eigenvalue weighted by Gasteiger charge is 2.17. The summed E-state index contributed by atoms with van der Waals surface area (Å²) in [5.74, 6) is 0.0986. The lowest BCUT2D eigenvalue weighted by atomic mass is 10.3. The number of aromatic nitrogens is 2. The molecule has 2 N–H and O–H groups in total. The van der Waals surface area contributed by atoms with Crippen molar-refractivity contribution in [1.82, 2.24) is 9.78 Å². The maximum atomic E-state index is 10.6. The average Bonchev–Trinajstić information content (AvgIpc) is 2.87. The molecule has 0 bridgehead atoms. The van der Waals surface area contributed by atoms with Crippen molar-refractivity contribution in [1.29, 1.82) is 0 Å². The Hall–Kier alpha value is -1.89. The van der Waals surface area contributed by atoms with Gasteiger partial charge in [0.1, 0.15) is 6.20 Å². The van der Waals surface area contributed by atoms with Crippen molar-refractivity contribution in [2.75, 3.05) is 5.73 Å². The molecule has 0 aliphatic heterocycles. The first-order chi connectivity index (χ1) is 8.11. The van der Waals surface area contributed by atoms with Crippen molar-refractivity contribution < 1.29 is 4.92 Å². The molecule has 0 aromatic carbocycles. The predicted octanol–water partition coefficient (Wildman–Crippen LogP) is 2.05. The van der Waals surface area contributed by atoms with Crippen molar-refractivity contribution in [2.45, 2.75) is 19.9 Å². The van der Waals surface area contributed by atoms with Crippen LogP contribution in [0.1, 0.15) is 16.7 Å². The summed E-state index contributed by atoms with van der Waals surface area (Å²) in [5.41, 5.74) is 5.51. The third-order valence-electron chi connectivity index (χ3n) is 2.43. The van der Waals surface area contributed by atoms with Gasteiger partial charge >= 0.3 is 5.69 Å². The second-order valence-corrected chi connectivity index (χ2v) is 4.80. The van der Waals surface area contributed by atoms with E-state index in [1.807, 2.05) is 12.1 Å². The van der Waals surface area contributed by atoms with Crippen molar-refractivity contribution in [3.05, 3.63) is 38.2 Å². The SMILES string of the molecule is CCc1ccc(Cn2ncc([N+](=O)[O-])c2N)s1. The van der Waals surface area contributed by atoms with Gasteiger partial charge in [0.2, 0.25) is 5.82 Å². The molecule has 0 fully saturated rings. The second kappa shape index (κ2) is 4.54. The first kappa shape index (κ1) is 11.6. The van der Waals surface area contributed by atoms with Crippen LogP contribution in [0.4, 0.5) is 11.5 Å². The summed E-state index contributed by atoms with van der Waals surface area (Å²) < 4.78 is 1.45. The van der Waals surface area contributed by atoms with Crippen LogP contribution >= 0.6 is 11.3 Å². The molecule has 6 nitrogen and oxygen atoms in total. The lowest BCUT2D eigenvalue weighted by Gasteiger charge is -2.00. The Balaban J connectivity index is 2.21. The van der Waals surface area contributed by atoms with Crippen molar-refractivity contribution in [3.8, 4) is 0 Å². The van der Waals surface area contributed by atoms with Gasteiger partial charge in [-0.3, -0.25) is 10.1 Å². The second-order valence-electron chi connectivity index (χ2n) is 3.55. The number of thiophene rings is 1. The van der Waals surface area contributed by atoms with E-state index in [-0.39, 0.29) is 11.5 Å². The van der Waals surface area contributed by atoms with E-state index in [9.17, 15) is 10.1 Å². The molecule has 2 rings (SSSR count). The fourth-order valence-corrected chi connectivity index (χ4v) is 2.44. The van der Waals surface area contributed by atoms with E-state index in [4.69, 9.17) is 5.73 Å². The maximum absolute atomic E-state index is 10.6. The number of hydrogen-bond acceptors (Lipinski definition) is 5. The molecule has 0 spiro atoms. The maximum Gasteiger partial charge on any atom is 0.330 e. The number of nitrogen functional groups attached to an aromatic ring is 1. The minimum Gasteiger partial charge on any atom is -0.378 e. The Bertz CT molecular complexity index is 546. The van der Waals surface area contributed by atoms with E-state index in [0.29, 0.717) is 6.54 Å². The van der Waals surface area contributed by atoms with Gasteiger partial charge in [0.15, 0.2) is 0 Å². The summed E-state index contributed by atoms with van der Waals surface area (Å²) in [5, 5.41) is 14.5. The molecule has 2 aromatic heterocycles. The summed E-state index contributed by atoms with van der Waals surface area (Å²) in [6.45, 7) is 2.56. The molecular weight excluding hydrogens is 240 g/mol. The third-order valence-corrected chi connectivity index (χ3v) is 3.64. The fraction of sp³-hybridized carbons (Fsp3) is 0.300. The standard InChI is InChI=1S/C10H12N4O2S/c1-2-7-3-4-8(17-7)6-13-10(11)9(5-12-13)14(15)16/h3-5H,2,6,11H2,1H3. The van der Waals surface area contributed by atoms with E-state index in [1.54, 1.807) is 11.3 Å². The summed E-state index contributed by atoms with van der Waals surface area (Å²) in [7, 11) is 0. The number of hydrogen-bond donors (Lipinski definition) is 1. The van der Waals surface area contributed by atoms with Crippen LogP contribution in [-0.2, 0) is 13.0 Å². The van der Waals surface area contributed by atoms with E-state index in [2.05, 4.69) is 12.0 Å². The number of nitro groups is 1. The Morgan fingerprint density at radius 3 is 2.76 bits per heavy atom. The van der Waals surface area contributed by atoms with Crippen molar-refractivity contribution in [3.63, 3.8) is 0 Å². The topological polar surface area (TPSA) is 87.0 Å². The highest BCUT2D eigenvalue weighted by Crippen LogP contribution is 2.23. The molecule has 2 aromatic rings. The number of aryl methyl sites for hydroxylation is 1. The van der Waals surface area contributed by atoms with Crippen LogP contribution in [0.2, 0.25) is 0 Å². The zero-order valence-corrected chi connectivity index (χ0v) is 10.1. The van der Waals surface area contributed by atoms with Gasteiger partial charge in [-0.05, 0) is 18.6 Å². The summed E-state index contributed by atoms with van der Waals surface area (Å²) >= 11 is 1.67. The number of rotatable bonds is 4. The molecule has 0 radical (unpaired) electrons. The van der Waals surface area contributed by atoms with Gasteiger partial charge in [0.05, 0.1) is 11.5 Å². The minimum absolute atomic E-state index is 0.0986. The van der Waals surface area contributed by atoms with Gasteiger partial charge in [-0.25, -0.2) is 4.68 Å². The smallest absolute Gasteiger partial charge is 0.330 e. The third kappa shape index (κ3) is 2.28. The lowest BCUT2D eigenvalue weighted by molar-refractivity contribution is -0.384. The van der Waals surface area contributed by atoms with E-state index in [1.165, 1.54) is 15.8 Å². The molecule has 0 saturated heterocycles. The molecule has 0 aliphatic rings. The molecule has 0 saturated carbocycles. The highest BCUT2D eigenvalue weighted by atomic mass is 32.1. The Morgan fingerprint density at radius 1 is 1.53 bits per heavy atom. The Morgan fingerprint density at radius 2 is 2.24 bits per heavy atom. The molecule has 0 amide bonds. The summed E-state index contributed by atoms with van der Waals surface area (Å²) in [6.07, 6.45) is 2.17. The van der Waals surface area contributed by atoms with Crippen LogP contribution < -0.4 is 5.73 Å². The van der Waals surface area contributed by atoms with Gasteiger partial charge < -0.3 is 5.73 Å². The van der Waals surface area contributed by atoms with Gasteiger partial charge in [0.25, 0.3) is 0 Å². The molecular formula is C10H12N4O2S. The average molecular weight is 252 g/mol. The van der Waals surface area contributed by atoms with Gasteiger partial charge in [-0.2, -0.15) is 5.10 Å². The monoisotopic (exact) mass is 252 g/mol. The molecule has 17 heavy (non-hydrogen) atoms. The minimum atomic E-state index is -0.523. The van der Waals surface area contributed by atoms with E-state index < -0.39 is 4.92 Å². The first-order valence-corrected chi connectivity index (χ1v) is 5.96. The van der Waals surface area contributed by atoms with Crippen LogP contribution in [0.15, 0.2) is 18.3 Å². The lowest BCUT2D eigenvalue weighted by Crippen LogP contribution is -2.05. The van der Waals surface area contributed by atoms with E-state index >= 15 is 0 Å². The first-order valence-electron chi connectivity index (χ1n) is 5.15. The van der Waals surface area contributed by atoms with E-state index in [0.717, 1.165) is 11.3 Å². The molecule has 7 heteroatoms. The Labute approximate surface area is 102 Å². The highest BCUT2D eigenvalue weighted by molar-refractivity contribution is 7.11. The number of nitrogens with zero attached hydrogens (tertiary/aromatic N) is 3. The van der Waals surface area contributed by atoms with Gasteiger partial charge in [-0.1, -0.05) is 6.92 Å².